The largest absolute Gasteiger partial charge is 0.368 e. The van der Waals surface area contributed by atoms with Gasteiger partial charge < -0.3 is 9.80 Å². The van der Waals surface area contributed by atoms with Crippen LogP contribution in [0.4, 0.5) is 5.69 Å². The SMILES string of the molecule is O=C([C@@H](Sc1ccccc1)c1ccccc1)N1CCN(c2ccccc2)CC1. The van der Waals surface area contributed by atoms with Crippen molar-refractivity contribution in [2.24, 2.45) is 0 Å². The maximum absolute atomic E-state index is 13.4. The summed E-state index contributed by atoms with van der Waals surface area (Å²) in [4.78, 5) is 18.9. The van der Waals surface area contributed by atoms with Crippen molar-refractivity contribution in [1.82, 2.24) is 4.90 Å². The Kier molecular flexibility index (Phi) is 5.98. The first-order valence-corrected chi connectivity index (χ1v) is 10.5. The summed E-state index contributed by atoms with van der Waals surface area (Å²) in [6, 6.07) is 30.7. The third kappa shape index (κ3) is 4.39. The van der Waals surface area contributed by atoms with Crippen LogP contribution in [0.2, 0.25) is 0 Å². The van der Waals surface area contributed by atoms with Crippen LogP contribution >= 0.6 is 11.8 Å². The number of benzene rings is 3. The van der Waals surface area contributed by atoms with Crippen molar-refractivity contribution in [3.05, 3.63) is 96.6 Å². The van der Waals surface area contributed by atoms with Gasteiger partial charge in [0.05, 0.1) is 0 Å². The Morgan fingerprint density at radius 3 is 1.86 bits per heavy atom. The van der Waals surface area contributed by atoms with Gasteiger partial charge in [0.1, 0.15) is 5.25 Å². The average molecular weight is 389 g/mol. The molecule has 0 N–H and O–H groups in total. The van der Waals surface area contributed by atoms with Gasteiger partial charge in [0, 0.05) is 36.8 Å². The Labute approximate surface area is 171 Å². The topological polar surface area (TPSA) is 23.6 Å². The zero-order valence-corrected chi connectivity index (χ0v) is 16.6. The average Bonchev–Trinajstić information content (AvgIpc) is 2.79. The first-order valence-electron chi connectivity index (χ1n) is 9.67. The highest BCUT2D eigenvalue weighted by Gasteiger charge is 2.29. The van der Waals surface area contributed by atoms with Crippen LogP contribution < -0.4 is 4.90 Å². The molecule has 1 amide bonds. The fourth-order valence-corrected chi connectivity index (χ4v) is 4.64. The van der Waals surface area contributed by atoms with Crippen molar-refractivity contribution >= 4 is 23.4 Å². The summed E-state index contributed by atoms with van der Waals surface area (Å²) in [5.74, 6) is 0.202. The zero-order valence-electron chi connectivity index (χ0n) is 15.8. The molecule has 0 aliphatic carbocycles. The van der Waals surface area contributed by atoms with E-state index in [9.17, 15) is 4.79 Å². The molecule has 3 aromatic carbocycles. The Morgan fingerprint density at radius 1 is 0.714 bits per heavy atom. The molecule has 1 saturated heterocycles. The zero-order chi connectivity index (χ0) is 19.2. The quantitative estimate of drug-likeness (QED) is 0.583. The van der Waals surface area contributed by atoms with Crippen LogP contribution in [0.25, 0.3) is 0 Å². The normalized spacial score (nSPS) is 15.3. The molecule has 1 atom stereocenters. The predicted molar refractivity (Wildman–Crippen MR) is 117 cm³/mol. The fraction of sp³-hybridized carbons (Fsp3) is 0.208. The van der Waals surface area contributed by atoms with Gasteiger partial charge in [-0.3, -0.25) is 4.79 Å². The number of carbonyl (C=O) groups is 1. The van der Waals surface area contributed by atoms with Gasteiger partial charge in [0.2, 0.25) is 5.91 Å². The minimum absolute atomic E-state index is 0.202. The van der Waals surface area contributed by atoms with Gasteiger partial charge in [-0.1, -0.05) is 66.7 Å². The number of hydrogen-bond acceptors (Lipinski definition) is 3. The number of piperazine rings is 1. The predicted octanol–water partition coefficient (Wildman–Crippen LogP) is 4.87. The van der Waals surface area contributed by atoms with Gasteiger partial charge in [0.25, 0.3) is 0 Å². The van der Waals surface area contributed by atoms with E-state index in [4.69, 9.17) is 0 Å². The summed E-state index contributed by atoms with van der Waals surface area (Å²) in [7, 11) is 0. The first-order chi connectivity index (χ1) is 13.8. The molecule has 0 radical (unpaired) electrons. The second-order valence-corrected chi connectivity index (χ2v) is 8.05. The van der Waals surface area contributed by atoms with Crippen molar-refractivity contribution in [3.8, 4) is 0 Å². The molecule has 1 heterocycles. The first kappa shape index (κ1) is 18.6. The third-order valence-electron chi connectivity index (χ3n) is 5.04. The molecule has 3 nitrogen and oxygen atoms in total. The molecular weight excluding hydrogens is 364 g/mol. The number of nitrogens with zero attached hydrogens (tertiary/aromatic N) is 2. The second-order valence-electron chi connectivity index (χ2n) is 6.87. The van der Waals surface area contributed by atoms with Crippen LogP contribution in [0.15, 0.2) is 95.9 Å². The van der Waals surface area contributed by atoms with E-state index in [1.807, 2.05) is 47.4 Å². The lowest BCUT2D eigenvalue weighted by Crippen LogP contribution is -2.49. The number of carbonyl (C=O) groups excluding carboxylic acids is 1. The van der Waals surface area contributed by atoms with Gasteiger partial charge in [-0.05, 0) is 29.8 Å². The number of thioether (sulfide) groups is 1. The molecule has 0 saturated carbocycles. The molecule has 142 valence electrons. The maximum atomic E-state index is 13.4. The van der Waals surface area contributed by atoms with E-state index in [0.29, 0.717) is 0 Å². The molecule has 4 heteroatoms. The molecule has 4 rings (SSSR count). The molecule has 1 aliphatic rings. The molecule has 3 aromatic rings. The van der Waals surface area contributed by atoms with Crippen molar-refractivity contribution < 1.29 is 4.79 Å². The van der Waals surface area contributed by atoms with Gasteiger partial charge in [0.15, 0.2) is 0 Å². The smallest absolute Gasteiger partial charge is 0.240 e. The highest BCUT2D eigenvalue weighted by atomic mass is 32.2. The van der Waals surface area contributed by atoms with Crippen molar-refractivity contribution in [2.75, 3.05) is 31.1 Å². The fourth-order valence-electron chi connectivity index (χ4n) is 3.51. The lowest BCUT2D eigenvalue weighted by molar-refractivity contribution is -0.131. The minimum Gasteiger partial charge on any atom is -0.368 e. The van der Waals surface area contributed by atoms with Crippen LogP contribution in [0.1, 0.15) is 10.8 Å². The van der Waals surface area contributed by atoms with Crippen LogP contribution in [0.3, 0.4) is 0 Å². The lowest BCUT2D eigenvalue weighted by atomic mass is 10.1. The van der Waals surface area contributed by atoms with E-state index in [-0.39, 0.29) is 11.2 Å². The summed E-state index contributed by atoms with van der Waals surface area (Å²) >= 11 is 1.64. The molecule has 28 heavy (non-hydrogen) atoms. The molecule has 0 spiro atoms. The summed E-state index contributed by atoms with van der Waals surface area (Å²) < 4.78 is 0. The van der Waals surface area contributed by atoms with Gasteiger partial charge in [-0.2, -0.15) is 0 Å². The van der Waals surface area contributed by atoms with E-state index in [1.54, 1.807) is 11.8 Å². The summed E-state index contributed by atoms with van der Waals surface area (Å²) in [6.45, 7) is 3.25. The maximum Gasteiger partial charge on any atom is 0.240 e. The van der Waals surface area contributed by atoms with Crippen molar-refractivity contribution in [3.63, 3.8) is 0 Å². The van der Waals surface area contributed by atoms with Crippen molar-refractivity contribution in [2.45, 2.75) is 10.1 Å². The van der Waals surface area contributed by atoms with Crippen LogP contribution in [0, 0.1) is 0 Å². The van der Waals surface area contributed by atoms with Gasteiger partial charge in [-0.15, -0.1) is 11.8 Å². The standard InChI is InChI=1S/C24H24N2OS/c27-24(26-18-16-25(17-19-26)21-12-6-2-7-13-21)23(20-10-4-1-5-11-20)28-22-14-8-3-9-15-22/h1-15,23H,16-19H2/t23-/m0/s1. The molecule has 1 fully saturated rings. The van der Waals surface area contributed by atoms with Gasteiger partial charge >= 0.3 is 0 Å². The molecule has 0 unspecified atom stereocenters. The van der Waals surface area contributed by atoms with E-state index >= 15 is 0 Å². The van der Waals surface area contributed by atoms with Crippen LogP contribution in [-0.4, -0.2) is 37.0 Å². The number of anilines is 1. The monoisotopic (exact) mass is 388 g/mol. The summed E-state index contributed by atoms with van der Waals surface area (Å²) in [6.07, 6.45) is 0. The van der Waals surface area contributed by atoms with E-state index in [1.165, 1.54) is 5.69 Å². The van der Waals surface area contributed by atoms with E-state index in [0.717, 1.165) is 36.6 Å². The Hall–Kier alpha value is -2.72. The van der Waals surface area contributed by atoms with Gasteiger partial charge in [-0.25, -0.2) is 0 Å². The van der Waals surface area contributed by atoms with Crippen LogP contribution in [-0.2, 0) is 4.79 Å². The number of rotatable bonds is 5. The lowest BCUT2D eigenvalue weighted by Gasteiger charge is -2.37. The van der Waals surface area contributed by atoms with Crippen LogP contribution in [0.5, 0.6) is 0 Å². The van der Waals surface area contributed by atoms with E-state index < -0.39 is 0 Å². The number of para-hydroxylation sites is 1. The molecule has 0 aromatic heterocycles. The molecular formula is C24H24N2OS. The highest BCUT2D eigenvalue weighted by Crippen LogP contribution is 2.37. The molecule has 0 bridgehead atoms. The second kappa shape index (κ2) is 8.98. The third-order valence-corrected chi connectivity index (χ3v) is 6.29. The number of hydrogen-bond donors (Lipinski definition) is 0. The Bertz CT molecular complexity index is 878. The number of amides is 1. The Morgan fingerprint density at radius 2 is 1.25 bits per heavy atom. The van der Waals surface area contributed by atoms with E-state index in [2.05, 4.69) is 53.4 Å². The van der Waals surface area contributed by atoms with Crippen molar-refractivity contribution in [1.29, 1.82) is 0 Å². The summed E-state index contributed by atoms with van der Waals surface area (Å²) in [5, 5.41) is -0.216. The minimum atomic E-state index is -0.216. The summed E-state index contributed by atoms with van der Waals surface area (Å²) in [5.41, 5.74) is 2.29. The molecule has 1 aliphatic heterocycles. The Balaban J connectivity index is 1.48. The highest BCUT2D eigenvalue weighted by molar-refractivity contribution is 8.00.